The van der Waals surface area contributed by atoms with Crippen molar-refractivity contribution in [1.29, 1.82) is 0 Å². The molecule has 0 N–H and O–H groups in total. The van der Waals surface area contributed by atoms with E-state index in [2.05, 4.69) is 46.4 Å². The molecule has 1 aliphatic heterocycles. The lowest BCUT2D eigenvalue weighted by Gasteiger charge is -2.29. The van der Waals surface area contributed by atoms with Crippen LogP contribution in [0.1, 0.15) is 260 Å². The summed E-state index contributed by atoms with van der Waals surface area (Å²) in [6, 6.07) is 0. The highest BCUT2D eigenvalue weighted by molar-refractivity contribution is 5.69. The number of unbranched alkanes of at least 4 members (excludes halogenated alkanes) is 18. The number of nitrogens with zero attached hydrogens (tertiary/aromatic N) is 1. The zero-order valence-electron chi connectivity index (χ0n) is 40.4. The Bertz CT molecular complexity index is 862. The second kappa shape index (κ2) is 39.7. The molecule has 1 rings (SSSR count). The fraction of sp³-hybridized carbons (Fsp3) is 0.962. The minimum Gasteiger partial charge on any atom is -0.466 e. The van der Waals surface area contributed by atoms with Crippen LogP contribution in [0.3, 0.4) is 0 Å². The molecular weight excluding hydrogens is 735 g/mol. The monoisotopic (exact) mass is 836 g/mol. The first-order chi connectivity index (χ1) is 28.8. The molecule has 0 spiro atoms. The van der Waals surface area contributed by atoms with Crippen LogP contribution < -0.4 is 0 Å². The smallest absolute Gasteiger partial charge is 0.305 e. The summed E-state index contributed by atoms with van der Waals surface area (Å²) in [6.45, 7) is 18.4. The molecule has 0 aromatic carbocycles. The second-order valence-corrected chi connectivity index (χ2v) is 18.4. The number of likely N-dealkylation sites (N-methyl/N-ethyl adjacent to an activating group) is 1. The maximum atomic E-state index is 12.4. The zero-order chi connectivity index (χ0) is 43.1. The summed E-state index contributed by atoms with van der Waals surface area (Å²) in [4.78, 5) is 27.3. The van der Waals surface area contributed by atoms with Crippen molar-refractivity contribution < 1.29 is 28.5 Å². The molecule has 1 atom stereocenters. The Labute approximate surface area is 367 Å². The van der Waals surface area contributed by atoms with Crippen molar-refractivity contribution in [3.05, 3.63) is 0 Å². The number of ether oxygens (including phenoxy) is 4. The van der Waals surface area contributed by atoms with Gasteiger partial charge in [0, 0.05) is 32.2 Å². The highest BCUT2D eigenvalue weighted by Gasteiger charge is 2.40. The van der Waals surface area contributed by atoms with E-state index >= 15 is 0 Å². The molecule has 1 saturated heterocycles. The molecule has 1 aliphatic rings. The van der Waals surface area contributed by atoms with Gasteiger partial charge in [-0.25, -0.2) is 0 Å². The number of hydrogen-bond donors (Lipinski definition) is 0. The third-order valence-electron chi connectivity index (χ3n) is 13.1. The summed E-state index contributed by atoms with van der Waals surface area (Å²) in [5, 5.41) is 0. The van der Waals surface area contributed by atoms with Crippen LogP contribution in [0.4, 0.5) is 0 Å². The molecule has 0 aliphatic carbocycles. The van der Waals surface area contributed by atoms with Crippen LogP contribution in [0.15, 0.2) is 0 Å². The van der Waals surface area contributed by atoms with E-state index in [1.807, 2.05) is 0 Å². The predicted molar refractivity (Wildman–Crippen MR) is 250 cm³/mol. The SMILES string of the molecule is CCCCCC(CCCCC)CCOC(=O)CCCCCCCCC1(CCCCCCCCC(=O)OCCC(CCCCC)CCCCC)OCC(CN(CC)CC)O1. The number of carbonyl (C=O) groups is 2. The Hall–Kier alpha value is -1.18. The predicted octanol–water partition coefficient (Wildman–Crippen LogP) is 15.1. The third-order valence-corrected chi connectivity index (χ3v) is 13.1. The van der Waals surface area contributed by atoms with E-state index in [1.165, 1.54) is 141 Å². The van der Waals surface area contributed by atoms with Crippen LogP contribution in [-0.2, 0) is 28.5 Å². The standard InChI is InChI=1S/C52H101NO6/c1-7-13-25-33-47(34-26-14-8-2)39-43-56-50(54)37-29-21-17-19-23-31-41-52(58-46-49(59-52)45-53(11-5)12-6)42-32-24-20-18-22-30-38-51(55)57-44-40-48(35-27-15-9-3)36-28-16-10-4/h47-49H,7-46H2,1-6H3. The molecule has 0 saturated carbocycles. The molecule has 1 fully saturated rings. The third kappa shape index (κ3) is 31.3. The molecule has 7 nitrogen and oxygen atoms in total. The van der Waals surface area contributed by atoms with Crippen LogP contribution in [0.25, 0.3) is 0 Å². The Balaban J connectivity index is 2.31. The first-order valence-electron chi connectivity index (χ1n) is 26.2. The number of rotatable bonds is 44. The summed E-state index contributed by atoms with van der Waals surface area (Å²) in [6.07, 6.45) is 39.3. The molecule has 59 heavy (non-hydrogen) atoms. The van der Waals surface area contributed by atoms with Gasteiger partial charge in [0.2, 0.25) is 0 Å². The lowest BCUT2D eigenvalue weighted by Crippen LogP contribution is -2.36. The minimum absolute atomic E-state index is 0.00705. The molecule has 0 aromatic heterocycles. The van der Waals surface area contributed by atoms with Gasteiger partial charge in [-0.15, -0.1) is 0 Å². The molecule has 0 bridgehead atoms. The Morgan fingerprint density at radius 3 is 1.25 bits per heavy atom. The topological polar surface area (TPSA) is 74.3 Å². The van der Waals surface area contributed by atoms with Gasteiger partial charge in [0.1, 0.15) is 0 Å². The van der Waals surface area contributed by atoms with Gasteiger partial charge in [0.25, 0.3) is 0 Å². The van der Waals surface area contributed by atoms with E-state index in [9.17, 15) is 9.59 Å². The van der Waals surface area contributed by atoms with Gasteiger partial charge in [-0.3, -0.25) is 9.59 Å². The van der Waals surface area contributed by atoms with Crippen molar-refractivity contribution in [3.8, 4) is 0 Å². The molecule has 1 heterocycles. The van der Waals surface area contributed by atoms with Gasteiger partial charge in [-0.1, -0.05) is 196 Å². The maximum absolute atomic E-state index is 12.4. The molecule has 350 valence electrons. The molecule has 1 unspecified atom stereocenters. The largest absolute Gasteiger partial charge is 0.466 e. The number of hydrogen-bond acceptors (Lipinski definition) is 7. The summed E-state index contributed by atoms with van der Waals surface area (Å²) in [5.74, 6) is 0.962. The van der Waals surface area contributed by atoms with E-state index in [4.69, 9.17) is 18.9 Å². The summed E-state index contributed by atoms with van der Waals surface area (Å²) < 4.78 is 24.6. The molecule has 0 radical (unpaired) electrons. The van der Waals surface area contributed by atoms with Crippen molar-refractivity contribution in [1.82, 2.24) is 4.90 Å². The first-order valence-corrected chi connectivity index (χ1v) is 26.2. The average molecular weight is 836 g/mol. The van der Waals surface area contributed by atoms with Gasteiger partial charge >= 0.3 is 11.9 Å². The van der Waals surface area contributed by atoms with Gasteiger partial charge in [0.15, 0.2) is 5.79 Å². The second-order valence-electron chi connectivity index (χ2n) is 18.4. The van der Waals surface area contributed by atoms with Crippen molar-refractivity contribution in [3.63, 3.8) is 0 Å². The van der Waals surface area contributed by atoms with Gasteiger partial charge in [-0.2, -0.15) is 0 Å². The van der Waals surface area contributed by atoms with Crippen molar-refractivity contribution in [2.24, 2.45) is 11.8 Å². The highest BCUT2D eigenvalue weighted by Crippen LogP contribution is 2.35. The lowest BCUT2D eigenvalue weighted by molar-refractivity contribution is -0.180. The molecule has 0 amide bonds. The normalized spacial score (nSPS) is 15.2. The average Bonchev–Trinajstić information content (AvgIpc) is 3.63. The van der Waals surface area contributed by atoms with Crippen LogP contribution >= 0.6 is 0 Å². The van der Waals surface area contributed by atoms with Crippen LogP contribution in [0, 0.1) is 11.8 Å². The Morgan fingerprint density at radius 1 is 0.508 bits per heavy atom. The van der Waals surface area contributed by atoms with Gasteiger partial charge in [-0.05, 0) is 63.5 Å². The number of esters is 2. The van der Waals surface area contributed by atoms with Crippen LogP contribution in [0.5, 0.6) is 0 Å². The van der Waals surface area contributed by atoms with Crippen molar-refractivity contribution in [2.45, 2.75) is 272 Å². The molecule has 7 heteroatoms. The quantitative estimate of drug-likeness (QED) is 0.0447. The van der Waals surface area contributed by atoms with Crippen molar-refractivity contribution in [2.75, 3.05) is 39.5 Å². The molecule has 0 aromatic rings. The highest BCUT2D eigenvalue weighted by atomic mass is 16.7. The van der Waals surface area contributed by atoms with Gasteiger partial charge < -0.3 is 23.8 Å². The van der Waals surface area contributed by atoms with Crippen LogP contribution in [0.2, 0.25) is 0 Å². The summed E-state index contributed by atoms with van der Waals surface area (Å²) in [5.41, 5.74) is 0. The summed E-state index contributed by atoms with van der Waals surface area (Å²) in [7, 11) is 0. The van der Waals surface area contributed by atoms with Gasteiger partial charge in [0.05, 0.1) is 25.9 Å². The first kappa shape index (κ1) is 55.8. The Kier molecular flexibility index (Phi) is 37.5. The fourth-order valence-corrected chi connectivity index (χ4v) is 9.03. The summed E-state index contributed by atoms with van der Waals surface area (Å²) >= 11 is 0. The van der Waals surface area contributed by atoms with E-state index < -0.39 is 5.79 Å². The van der Waals surface area contributed by atoms with Crippen molar-refractivity contribution >= 4 is 11.9 Å². The van der Waals surface area contributed by atoms with E-state index in [0.717, 1.165) is 83.8 Å². The molecular formula is C52H101NO6. The van der Waals surface area contributed by atoms with E-state index in [0.29, 0.717) is 44.5 Å². The number of carbonyl (C=O) groups excluding carboxylic acids is 2. The maximum Gasteiger partial charge on any atom is 0.305 e. The zero-order valence-corrected chi connectivity index (χ0v) is 40.4. The Morgan fingerprint density at radius 2 is 0.881 bits per heavy atom. The van der Waals surface area contributed by atoms with E-state index in [-0.39, 0.29) is 18.0 Å². The fourth-order valence-electron chi connectivity index (χ4n) is 9.03. The minimum atomic E-state index is -0.443. The van der Waals surface area contributed by atoms with Crippen LogP contribution in [-0.4, -0.2) is 68.2 Å². The lowest BCUT2D eigenvalue weighted by atomic mass is 9.92. The van der Waals surface area contributed by atoms with E-state index in [1.54, 1.807) is 0 Å².